The molecule has 2 aromatic heterocycles. The predicted octanol–water partition coefficient (Wildman–Crippen LogP) is 2.64. The molecule has 4 nitrogen and oxygen atoms in total. The molecule has 0 aliphatic carbocycles. The number of aromatic hydroxyl groups is 1. The van der Waals surface area contributed by atoms with Gasteiger partial charge in [-0.25, -0.2) is 9.97 Å². The van der Waals surface area contributed by atoms with Crippen LogP contribution in [0.1, 0.15) is 5.56 Å². The quantitative estimate of drug-likeness (QED) is 0.669. The minimum Gasteiger partial charge on any atom is -0.493 e. The van der Waals surface area contributed by atoms with Gasteiger partial charge in [0.25, 0.3) is 0 Å². The van der Waals surface area contributed by atoms with Gasteiger partial charge in [0, 0.05) is 5.69 Å². The molecule has 0 aliphatic rings. The van der Waals surface area contributed by atoms with E-state index < -0.39 is 0 Å². The highest BCUT2D eigenvalue weighted by Gasteiger charge is 2.07. The lowest BCUT2D eigenvalue weighted by molar-refractivity contribution is 0.459. The fourth-order valence-corrected chi connectivity index (χ4v) is 1.82. The van der Waals surface area contributed by atoms with E-state index in [9.17, 15) is 5.11 Å². The molecule has 0 saturated heterocycles. The molecular formula is C13H11N3O. The zero-order valence-corrected chi connectivity index (χ0v) is 9.31. The SMILES string of the molecule is Cc1ccc(-c2cc3c(O)ncnc3[nH]2)cc1. The van der Waals surface area contributed by atoms with Crippen molar-refractivity contribution in [3.8, 4) is 17.1 Å². The van der Waals surface area contributed by atoms with Gasteiger partial charge in [0.2, 0.25) is 5.88 Å². The standard InChI is InChI=1S/C13H11N3O/c1-8-2-4-9(5-3-8)11-6-10-12(16-11)14-7-15-13(10)17/h2-7H,1H3,(H2,14,15,16,17). The summed E-state index contributed by atoms with van der Waals surface area (Å²) in [7, 11) is 0. The number of aryl methyl sites for hydroxylation is 1. The number of nitrogens with one attached hydrogen (secondary N) is 1. The van der Waals surface area contributed by atoms with Crippen LogP contribution in [0.2, 0.25) is 0 Å². The van der Waals surface area contributed by atoms with Crippen molar-refractivity contribution >= 4 is 11.0 Å². The summed E-state index contributed by atoms with van der Waals surface area (Å²) in [5.74, 6) is 0.00427. The second-order valence-electron chi connectivity index (χ2n) is 4.01. The third-order valence-electron chi connectivity index (χ3n) is 2.77. The number of aromatic amines is 1. The zero-order chi connectivity index (χ0) is 11.8. The van der Waals surface area contributed by atoms with Crippen LogP contribution in [0.25, 0.3) is 22.3 Å². The average Bonchev–Trinajstić information content (AvgIpc) is 2.75. The highest BCUT2D eigenvalue weighted by Crippen LogP contribution is 2.26. The molecule has 0 aliphatic heterocycles. The summed E-state index contributed by atoms with van der Waals surface area (Å²) < 4.78 is 0. The first-order chi connectivity index (χ1) is 8.24. The summed E-state index contributed by atoms with van der Waals surface area (Å²) in [5, 5.41) is 10.2. The average molecular weight is 225 g/mol. The van der Waals surface area contributed by atoms with E-state index in [2.05, 4.69) is 15.0 Å². The van der Waals surface area contributed by atoms with E-state index in [1.54, 1.807) is 0 Å². The van der Waals surface area contributed by atoms with Crippen molar-refractivity contribution in [3.05, 3.63) is 42.2 Å². The maximum atomic E-state index is 9.60. The summed E-state index contributed by atoms with van der Waals surface area (Å²) >= 11 is 0. The Kier molecular flexibility index (Phi) is 2.08. The van der Waals surface area contributed by atoms with Gasteiger partial charge >= 0.3 is 0 Å². The van der Waals surface area contributed by atoms with Crippen molar-refractivity contribution in [3.63, 3.8) is 0 Å². The maximum absolute atomic E-state index is 9.60. The maximum Gasteiger partial charge on any atom is 0.223 e. The van der Waals surface area contributed by atoms with E-state index in [-0.39, 0.29) is 5.88 Å². The van der Waals surface area contributed by atoms with Crippen LogP contribution in [0.15, 0.2) is 36.7 Å². The monoisotopic (exact) mass is 225 g/mol. The fraction of sp³-hybridized carbons (Fsp3) is 0.0769. The Labute approximate surface area is 98.0 Å². The molecule has 0 bridgehead atoms. The zero-order valence-electron chi connectivity index (χ0n) is 9.31. The van der Waals surface area contributed by atoms with Crippen molar-refractivity contribution in [2.75, 3.05) is 0 Å². The first kappa shape index (κ1) is 9.84. The van der Waals surface area contributed by atoms with E-state index >= 15 is 0 Å². The number of hydrogen-bond donors (Lipinski definition) is 2. The highest BCUT2D eigenvalue weighted by atomic mass is 16.3. The topological polar surface area (TPSA) is 61.8 Å². The molecule has 17 heavy (non-hydrogen) atoms. The lowest BCUT2D eigenvalue weighted by Crippen LogP contribution is -1.80. The summed E-state index contributed by atoms with van der Waals surface area (Å²) in [6.45, 7) is 2.05. The Morgan fingerprint density at radius 1 is 1.12 bits per heavy atom. The van der Waals surface area contributed by atoms with E-state index in [1.807, 2.05) is 37.3 Å². The second-order valence-corrected chi connectivity index (χ2v) is 4.01. The first-order valence-electron chi connectivity index (χ1n) is 5.34. The molecular weight excluding hydrogens is 214 g/mol. The van der Waals surface area contributed by atoms with Crippen LogP contribution in [-0.2, 0) is 0 Å². The molecule has 0 fully saturated rings. The van der Waals surface area contributed by atoms with Crippen LogP contribution in [0.3, 0.4) is 0 Å². The summed E-state index contributed by atoms with van der Waals surface area (Å²) in [6, 6.07) is 10.0. The molecule has 2 N–H and O–H groups in total. The van der Waals surface area contributed by atoms with Gasteiger partial charge in [-0.2, -0.15) is 0 Å². The predicted molar refractivity (Wildman–Crippen MR) is 65.7 cm³/mol. The Bertz CT molecular complexity index is 671. The Morgan fingerprint density at radius 3 is 2.59 bits per heavy atom. The summed E-state index contributed by atoms with van der Waals surface area (Å²) in [5.41, 5.74) is 3.85. The van der Waals surface area contributed by atoms with Gasteiger partial charge in [0.05, 0.1) is 5.39 Å². The summed E-state index contributed by atoms with van der Waals surface area (Å²) in [6.07, 6.45) is 1.34. The fourth-order valence-electron chi connectivity index (χ4n) is 1.82. The second kappa shape index (κ2) is 3.59. The van der Waals surface area contributed by atoms with Gasteiger partial charge in [-0.15, -0.1) is 0 Å². The molecule has 0 radical (unpaired) electrons. The highest BCUT2D eigenvalue weighted by molar-refractivity contribution is 5.86. The minimum absolute atomic E-state index is 0.00427. The largest absolute Gasteiger partial charge is 0.493 e. The Morgan fingerprint density at radius 2 is 1.88 bits per heavy atom. The lowest BCUT2D eigenvalue weighted by atomic mass is 10.1. The first-order valence-corrected chi connectivity index (χ1v) is 5.34. The number of H-pyrrole nitrogens is 1. The molecule has 84 valence electrons. The summed E-state index contributed by atoms with van der Waals surface area (Å²) in [4.78, 5) is 11.0. The smallest absolute Gasteiger partial charge is 0.223 e. The van der Waals surface area contributed by atoms with Gasteiger partial charge in [-0.1, -0.05) is 29.8 Å². The van der Waals surface area contributed by atoms with Gasteiger partial charge in [-0.05, 0) is 18.6 Å². The van der Waals surface area contributed by atoms with Crippen LogP contribution in [0.4, 0.5) is 0 Å². The van der Waals surface area contributed by atoms with Crippen molar-refractivity contribution in [2.24, 2.45) is 0 Å². The number of aromatic nitrogens is 3. The van der Waals surface area contributed by atoms with E-state index in [1.165, 1.54) is 11.9 Å². The Balaban J connectivity index is 2.18. The molecule has 0 unspecified atom stereocenters. The van der Waals surface area contributed by atoms with Crippen LogP contribution >= 0.6 is 0 Å². The molecule has 0 saturated carbocycles. The van der Waals surface area contributed by atoms with Gasteiger partial charge in [0.15, 0.2) is 0 Å². The van der Waals surface area contributed by atoms with Crippen LogP contribution < -0.4 is 0 Å². The van der Waals surface area contributed by atoms with E-state index in [0.717, 1.165) is 11.3 Å². The normalized spacial score (nSPS) is 10.9. The molecule has 4 heteroatoms. The minimum atomic E-state index is 0.00427. The van der Waals surface area contributed by atoms with Crippen molar-refractivity contribution in [1.29, 1.82) is 0 Å². The van der Waals surface area contributed by atoms with Crippen LogP contribution in [0, 0.1) is 6.92 Å². The van der Waals surface area contributed by atoms with Gasteiger partial charge < -0.3 is 10.1 Å². The third-order valence-corrected chi connectivity index (χ3v) is 2.77. The number of benzene rings is 1. The van der Waals surface area contributed by atoms with E-state index in [0.29, 0.717) is 11.0 Å². The molecule has 3 rings (SSSR count). The molecule has 0 amide bonds. The Hall–Kier alpha value is -2.36. The third kappa shape index (κ3) is 1.63. The molecule has 2 heterocycles. The molecule has 0 atom stereocenters. The van der Waals surface area contributed by atoms with Crippen molar-refractivity contribution in [2.45, 2.75) is 6.92 Å². The van der Waals surface area contributed by atoms with E-state index in [4.69, 9.17) is 0 Å². The number of nitrogens with zero attached hydrogens (tertiary/aromatic N) is 2. The van der Waals surface area contributed by atoms with Crippen molar-refractivity contribution in [1.82, 2.24) is 15.0 Å². The van der Waals surface area contributed by atoms with Crippen LogP contribution in [-0.4, -0.2) is 20.1 Å². The molecule has 3 aromatic rings. The van der Waals surface area contributed by atoms with Gasteiger partial charge in [0.1, 0.15) is 12.0 Å². The number of fused-ring (bicyclic) bond motifs is 1. The number of rotatable bonds is 1. The number of hydrogen-bond acceptors (Lipinski definition) is 3. The lowest BCUT2D eigenvalue weighted by Gasteiger charge is -1.97. The van der Waals surface area contributed by atoms with Crippen molar-refractivity contribution < 1.29 is 5.11 Å². The van der Waals surface area contributed by atoms with Gasteiger partial charge in [-0.3, -0.25) is 0 Å². The van der Waals surface area contributed by atoms with Crippen LogP contribution in [0.5, 0.6) is 5.88 Å². The molecule has 1 aromatic carbocycles. The molecule has 0 spiro atoms.